The highest BCUT2D eigenvalue weighted by atomic mass is 16.4. The Labute approximate surface area is 216 Å². The average molecular weight is 495 g/mol. The normalized spacial score (nSPS) is 25.1. The molecule has 0 aliphatic carbocycles. The fourth-order valence-corrected chi connectivity index (χ4v) is 5.65. The van der Waals surface area contributed by atoms with Gasteiger partial charge in [-0.05, 0) is 28.7 Å². The number of hydrogen-bond donors (Lipinski definition) is 2. The number of nitrogens with zero attached hydrogens (tertiary/aromatic N) is 1. The van der Waals surface area contributed by atoms with Gasteiger partial charge in [0, 0.05) is 12.6 Å². The van der Waals surface area contributed by atoms with Crippen molar-refractivity contribution in [3.05, 3.63) is 107 Å². The number of fused-ring (bicyclic) bond motifs is 1. The highest BCUT2D eigenvalue weighted by Gasteiger charge is 2.69. The fraction of sp³-hybridized carbons (Fsp3) is 0.258. The molecule has 2 N–H and O–H groups in total. The highest BCUT2D eigenvalue weighted by molar-refractivity contribution is 6.09. The molecule has 2 saturated heterocycles. The van der Waals surface area contributed by atoms with Crippen LogP contribution in [0, 0.1) is 11.8 Å². The monoisotopic (exact) mass is 494 g/mol. The third kappa shape index (κ3) is 4.27. The van der Waals surface area contributed by atoms with E-state index in [1.165, 1.54) is 4.90 Å². The van der Waals surface area contributed by atoms with E-state index in [4.69, 9.17) is 0 Å². The number of carbonyl (C=O) groups is 3. The summed E-state index contributed by atoms with van der Waals surface area (Å²) in [5.74, 6) is -3.69. The van der Waals surface area contributed by atoms with E-state index in [1.807, 2.05) is 73.7 Å². The first kappa shape index (κ1) is 24.7. The molecule has 4 unspecified atom stereocenters. The summed E-state index contributed by atoms with van der Waals surface area (Å²) in [5.41, 5.74) is 1.62. The van der Waals surface area contributed by atoms with E-state index in [-0.39, 0.29) is 5.91 Å². The number of benzene rings is 3. The van der Waals surface area contributed by atoms with E-state index in [1.54, 1.807) is 30.3 Å². The molecule has 2 aliphatic heterocycles. The van der Waals surface area contributed by atoms with Crippen molar-refractivity contribution in [2.75, 3.05) is 6.54 Å². The zero-order valence-electron chi connectivity index (χ0n) is 20.7. The van der Waals surface area contributed by atoms with Crippen molar-refractivity contribution in [3.63, 3.8) is 0 Å². The molecule has 2 heterocycles. The zero-order chi connectivity index (χ0) is 26.0. The second-order valence-electron chi connectivity index (χ2n) is 9.70. The van der Waals surface area contributed by atoms with Crippen LogP contribution in [0.25, 0.3) is 12.2 Å². The van der Waals surface area contributed by atoms with Crippen LogP contribution in [0.3, 0.4) is 0 Å². The predicted octanol–water partition coefficient (Wildman–Crippen LogP) is 4.88. The van der Waals surface area contributed by atoms with Crippen LogP contribution in [0.5, 0.6) is 0 Å². The van der Waals surface area contributed by atoms with Gasteiger partial charge < -0.3 is 5.11 Å². The molecular weight excluding hydrogens is 464 g/mol. The van der Waals surface area contributed by atoms with Crippen molar-refractivity contribution < 1.29 is 19.5 Å². The van der Waals surface area contributed by atoms with Crippen molar-refractivity contribution in [1.82, 2.24) is 10.2 Å². The van der Waals surface area contributed by atoms with Gasteiger partial charge in [-0.3, -0.25) is 19.8 Å². The number of rotatable bonds is 8. The van der Waals surface area contributed by atoms with E-state index in [9.17, 15) is 19.5 Å². The van der Waals surface area contributed by atoms with Gasteiger partial charge >= 0.3 is 5.97 Å². The van der Waals surface area contributed by atoms with Gasteiger partial charge in [-0.15, -0.1) is 0 Å². The van der Waals surface area contributed by atoms with Crippen molar-refractivity contribution in [1.29, 1.82) is 0 Å². The SMILES string of the molecule is CCCCN1C(=O)C2C(c3ccc(/C=C/c4ccccc4)cc3)NC(C(=O)O)(c3ccccc3)C2C1=O. The number of hydrogen-bond acceptors (Lipinski definition) is 4. The number of imide groups is 1. The molecule has 6 nitrogen and oxygen atoms in total. The van der Waals surface area contributed by atoms with Gasteiger partial charge in [-0.1, -0.05) is 110 Å². The molecular formula is C31H30N2O4. The average Bonchev–Trinajstić information content (AvgIpc) is 3.42. The summed E-state index contributed by atoms with van der Waals surface area (Å²) in [6, 6.07) is 25.8. The minimum Gasteiger partial charge on any atom is -0.480 e. The van der Waals surface area contributed by atoms with Crippen LogP contribution in [-0.4, -0.2) is 34.3 Å². The maximum absolute atomic E-state index is 13.6. The molecule has 0 saturated carbocycles. The van der Waals surface area contributed by atoms with Gasteiger partial charge in [0.1, 0.15) is 0 Å². The standard InChI is InChI=1S/C31H30N2O4/c1-2-3-20-33-28(34)25-26(29(33)35)31(30(36)37,24-12-8-5-9-13-24)32-27(25)23-18-16-22(17-19-23)15-14-21-10-6-4-7-11-21/h4-19,25-27,32H,2-3,20H2,1H3,(H,36,37)/b15-14+. The van der Waals surface area contributed by atoms with Crippen LogP contribution in [0.15, 0.2) is 84.9 Å². The number of amides is 2. The van der Waals surface area contributed by atoms with E-state index in [0.717, 1.165) is 23.1 Å². The van der Waals surface area contributed by atoms with E-state index in [2.05, 4.69) is 5.32 Å². The lowest BCUT2D eigenvalue weighted by Crippen LogP contribution is -2.53. The molecule has 5 rings (SSSR count). The third-order valence-corrected chi connectivity index (χ3v) is 7.52. The molecule has 2 fully saturated rings. The summed E-state index contributed by atoms with van der Waals surface area (Å²) in [6.45, 7) is 2.30. The van der Waals surface area contributed by atoms with Crippen LogP contribution in [-0.2, 0) is 19.9 Å². The summed E-state index contributed by atoms with van der Waals surface area (Å²) < 4.78 is 0. The van der Waals surface area contributed by atoms with Gasteiger partial charge in [-0.25, -0.2) is 4.79 Å². The number of unbranched alkanes of at least 4 members (excludes halogenated alkanes) is 1. The van der Waals surface area contributed by atoms with E-state index < -0.39 is 35.3 Å². The van der Waals surface area contributed by atoms with Crippen LogP contribution in [0.2, 0.25) is 0 Å². The second kappa shape index (κ2) is 10.1. The van der Waals surface area contributed by atoms with Gasteiger partial charge in [-0.2, -0.15) is 0 Å². The summed E-state index contributed by atoms with van der Waals surface area (Å²) in [6.07, 6.45) is 5.54. The molecule has 4 atom stereocenters. The summed E-state index contributed by atoms with van der Waals surface area (Å²) >= 11 is 0. The lowest BCUT2D eigenvalue weighted by atomic mass is 9.75. The first-order chi connectivity index (χ1) is 18.0. The molecule has 3 aromatic rings. The lowest BCUT2D eigenvalue weighted by molar-refractivity contribution is -0.152. The van der Waals surface area contributed by atoms with Crippen molar-refractivity contribution >= 4 is 29.9 Å². The summed E-state index contributed by atoms with van der Waals surface area (Å²) in [7, 11) is 0. The minimum atomic E-state index is -1.70. The molecule has 188 valence electrons. The Morgan fingerprint density at radius 3 is 2.08 bits per heavy atom. The molecule has 2 aliphatic rings. The third-order valence-electron chi connectivity index (χ3n) is 7.52. The maximum atomic E-state index is 13.6. The van der Waals surface area contributed by atoms with Crippen molar-refractivity contribution in [2.45, 2.75) is 31.3 Å². The van der Waals surface area contributed by atoms with E-state index in [0.29, 0.717) is 18.5 Å². The lowest BCUT2D eigenvalue weighted by Gasteiger charge is -2.31. The van der Waals surface area contributed by atoms with E-state index >= 15 is 0 Å². The van der Waals surface area contributed by atoms with Crippen molar-refractivity contribution in [2.24, 2.45) is 11.8 Å². The Kier molecular flexibility index (Phi) is 6.76. The van der Waals surface area contributed by atoms with Crippen molar-refractivity contribution in [3.8, 4) is 0 Å². The van der Waals surface area contributed by atoms with Crippen LogP contribution in [0.4, 0.5) is 0 Å². The molecule has 37 heavy (non-hydrogen) atoms. The number of carboxylic acid groups (broad SMARTS) is 1. The first-order valence-electron chi connectivity index (χ1n) is 12.7. The quantitative estimate of drug-likeness (QED) is 0.344. The number of aliphatic carboxylic acids is 1. The molecule has 2 amide bonds. The maximum Gasteiger partial charge on any atom is 0.329 e. The Balaban J connectivity index is 1.53. The first-order valence-corrected chi connectivity index (χ1v) is 12.7. The van der Waals surface area contributed by atoms with Gasteiger partial charge in [0.05, 0.1) is 11.8 Å². The number of carbonyl (C=O) groups excluding carboxylic acids is 2. The molecule has 0 bridgehead atoms. The molecule has 0 radical (unpaired) electrons. The van der Waals surface area contributed by atoms with Gasteiger partial charge in [0.2, 0.25) is 11.8 Å². The van der Waals surface area contributed by atoms with Gasteiger partial charge in [0.15, 0.2) is 5.54 Å². The Hall–Kier alpha value is -4.03. The Bertz CT molecular complexity index is 1320. The predicted molar refractivity (Wildman–Crippen MR) is 142 cm³/mol. The summed E-state index contributed by atoms with van der Waals surface area (Å²) in [4.78, 5) is 41.5. The minimum absolute atomic E-state index is 0.298. The zero-order valence-corrected chi connectivity index (χ0v) is 20.7. The molecule has 0 aromatic heterocycles. The van der Waals surface area contributed by atoms with Gasteiger partial charge in [0.25, 0.3) is 0 Å². The Morgan fingerprint density at radius 2 is 1.49 bits per heavy atom. The smallest absolute Gasteiger partial charge is 0.329 e. The second-order valence-corrected chi connectivity index (χ2v) is 9.70. The molecule has 0 spiro atoms. The fourth-order valence-electron chi connectivity index (χ4n) is 5.65. The van der Waals surface area contributed by atoms with Crippen LogP contribution >= 0.6 is 0 Å². The summed E-state index contributed by atoms with van der Waals surface area (Å²) in [5, 5.41) is 13.8. The number of carboxylic acids is 1. The highest BCUT2D eigenvalue weighted by Crippen LogP contribution is 2.53. The number of nitrogens with one attached hydrogen (secondary N) is 1. The largest absolute Gasteiger partial charge is 0.480 e. The van der Waals surface area contributed by atoms with Crippen LogP contribution < -0.4 is 5.32 Å². The molecule has 3 aromatic carbocycles. The van der Waals surface area contributed by atoms with Crippen LogP contribution in [0.1, 0.15) is 48.1 Å². The number of likely N-dealkylation sites (tertiary alicyclic amines) is 1. The Morgan fingerprint density at radius 1 is 0.892 bits per heavy atom. The topological polar surface area (TPSA) is 86.7 Å². The molecule has 6 heteroatoms.